The average Bonchev–Trinajstić information content (AvgIpc) is 3.75. The molecule has 49 heavy (non-hydrogen) atoms. The lowest BCUT2D eigenvalue weighted by Crippen LogP contribution is -2.47. The van der Waals surface area contributed by atoms with Crippen molar-refractivity contribution >= 4 is 22.8 Å². The maximum atomic E-state index is 15.7. The summed E-state index contributed by atoms with van der Waals surface area (Å²) in [6.45, 7) is 7.48. The molecule has 1 atom stereocenters. The number of piperidine rings is 1. The number of nitrogens with zero attached hydrogens (tertiary/aromatic N) is 9. The number of nitriles is 1. The molecule has 0 saturated carbocycles. The van der Waals surface area contributed by atoms with Gasteiger partial charge in [-0.05, 0) is 57.4 Å². The number of hydrogen-bond donors (Lipinski definition) is 1. The third-order valence-electron chi connectivity index (χ3n) is 9.48. The van der Waals surface area contributed by atoms with Gasteiger partial charge in [0.05, 0.1) is 18.0 Å². The number of amides is 1. The molecular formula is C36H37FN10O2. The number of nitrogens with two attached hydrogens (primary N) is 1. The van der Waals surface area contributed by atoms with Gasteiger partial charge >= 0.3 is 0 Å². The number of imidazole rings is 1. The Kier molecular flexibility index (Phi) is 8.56. The van der Waals surface area contributed by atoms with Crippen LogP contribution in [0.5, 0.6) is 11.5 Å². The number of para-hydroxylation sites is 1. The second-order valence-corrected chi connectivity index (χ2v) is 13.1. The maximum absolute atomic E-state index is 15.7. The Morgan fingerprint density at radius 3 is 2.76 bits per heavy atom. The maximum Gasteiger partial charge on any atom is 0.264 e. The number of carbonyl (C=O) groups is 1. The van der Waals surface area contributed by atoms with E-state index in [0.29, 0.717) is 67.1 Å². The predicted molar refractivity (Wildman–Crippen MR) is 182 cm³/mol. The quantitative estimate of drug-likeness (QED) is 0.169. The number of aromatic nitrogens is 6. The molecular weight excluding hydrogens is 623 g/mol. The van der Waals surface area contributed by atoms with Crippen LogP contribution in [0.2, 0.25) is 0 Å². The fraction of sp³-hybridized carbons (Fsp3) is 0.333. The van der Waals surface area contributed by atoms with Crippen LogP contribution in [0.3, 0.4) is 0 Å². The summed E-state index contributed by atoms with van der Waals surface area (Å²) in [4.78, 5) is 30.9. The molecule has 5 heterocycles. The van der Waals surface area contributed by atoms with Gasteiger partial charge in [0.25, 0.3) is 5.91 Å². The molecule has 1 amide bonds. The van der Waals surface area contributed by atoms with Crippen molar-refractivity contribution in [1.82, 2.24) is 39.1 Å². The van der Waals surface area contributed by atoms with E-state index in [1.807, 2.05) is 30.6 Å². The van der Waals surface area contributed by atoms with Crippen LogP contribution >= 0.6 is 0 Å². The second-order valence-electron chi connectivity index (χ2n) is 13.1. The van der Waals surface area contributed by atoms with E-state index in [1.165, 1.54) is 12.4 Å². The standard InChI is InChI=1S/C36H37FN10O2/c1-36(2,46-18-17-44-16-14-40-30(44)22-46)13-12-24(20-38)35(48)45-15-6-7-25(21-45)47-34-31(33(39)41-23-42-34)32(43-47)28-11-10-27(19-29(28)37)49-26-8-4-3-5-9-26/h3-5,8-12,14,16,19,23,25H,6-7,13,15,17-18,21-22H2,1-2H3,(H2,39,41,42)/b24-12+/t25-/m1/s1. The normalized spacial score (nSPS) is 17.1. The van der Waals surface area contributed by atoms with E-state index >= 15 is 4.39 Å². The Morgan fingerprint density at radius 2 is 1.96 bits per heavy atom. The van der Waals surface area contributed by atoms with Crippen molar-refractivity contribution in [3.63, 3.8) is 0 Å². The Hall–Kier alpha value is -5.61. The molecule has 1 saturated heterocycles. The zero-order valence-corrected chi connectivity index (χ0v) is 27.5. The summed E-state index contributed by atoms with van der Waals surface area (Å²) in [5.41, 5.74) is 7.14. The van der Waals surface area contributed by atoms with Crippen molar-refractivity contribution in [1.29, 1.82) is 5.26 Å². The van der Waals surface area contributed by atoms with Gasteiger partial charge in [-0.15, -0.1) is 0 Å². The van der Waals surface area contributed by atoms with Crippen molar-refractivity contribution in [3.05, 3.63) is 90.5 Å². The molecule has 7 rings (SSSR count). The van der Waals surface area contributed by atoms with E-state index in [1.54, 1.807) is 39.9 Å². The smallest absolute Gasteiger partial charge is 0.264 e. The number of rotatable bonds is 8. The number of carbonyl (C=O) groups excluding carboxylic acids is 1. The van der Waals surface area contributed by atoms with Gasteiger partial charge in [-0.2, -0.15) is 10.4 Å². The van der Waals surface area contributed by atoms with Crippen molar-refractivity contribution in [2.75, 3.05) is 25.4 Å². The minimum absolute atomic E-state index is 0.115. The first-order chi connectivity index (χ1) is 23.7. The third-order valence-corrected chi connectivity index (χ3v) is 9.48. The molecule has 0 unspecified atom stereocenters. The molecule has 2 aliphatic heterocycles. The SMILES string of the molecule is CC(C)(C/C=C(\C#N)C(=O)N1CCC[C@@H](n2nc(-c3ccc(Oc4ccccc4)cc3F)c3c(N)ncnc32)C1)N1CCn2ccnc2C1. The highest BCUT2D eigenvalue weighted by Gasteiger charge is 2.33. The van der Waals surface area contributed by atoms with Gasteiger partial charge in [0.2, 0.25) is 0 Å². The Bertz CT molecular complexity index is 2080. The lowest BCUT2D eigenvalue weighted by molar-refractivity contribution is -0.128. The molecule has 0 spiro atoms. The summed E-state index contributed by atoms with van der Waals surface area (Å²) in [6, 6.07) is 15.6. The first-order valence-corrected chi connectivity index (χ1v) is 16.4. The molecule has 0 aliphatic carbocycles. The molecule has 1 fully saturated rings. The lowest BCUT2D eigenvalue weighted by atomic mass is 9.95. The minimum Gasteiger partial charge on any atom is -0.457 e. The first kappa shape index (κ1) is 32.0. The summed E-state index contributed by atoms with van der Waals surface area (Å²) in [6.07, 6.45) is 8.85. The summed E-state index contributed by atoms with van der Waals surface area (Å²) in [5, 5.41) is 15.3. The van der Waals surface area contributed by atoms with Crippen LogP contribution in [0.4, 0.5) is 10.2 Å². The number of hydrogen-bond acceptors (Lipinski definition) is 9. The van der Waals surface area contributed by atoms with E-state index in [0.717, 1.165) is 18.9 Å². The number of nitrogen functional groups attached to an aromatic ring is 1. The van der Waals surface area contributed by atoms with Crippen LogP contribution in [0.25, 0.3) is 22.3 Å². The van der Waals surface area contributed by atoms with Crippen LogP contribution in [0, 0.1) is 17.1 Å². The molecule has 3 aromatic heterocycles. The molecule has 2 aliphatic rings. The zero-order valence-electron chi connectivity index (χ0n) is 27.5. The number of ether oxygens (including phenoxy) is 1. The van der Waals surface area contributed by atoms with Crippen LogP contribution in [-0.4, -0.2) is 70.2 Å². The summed E-state index contributed by atoms with van der Waals surface area (Å²) >= 11 is 0. The Morgan fingerprint density at radius 1 is 1.12 bits per heavy atom. The average molecular weight is 661 g/mol. The van der Waals surface area contributed by atoms with Crippen molar-refractivity contribution in [2.24, 2.45) is 0 Å². The fourth-order valence-electron chi connectivity index (χ4n) is 6.68. The van der Waals surface area contributed by atoms with Gasteiger partial charge in [-0.25, -0.2) is 24.0 Å². The largest absolute Gasteiger partial charge is 0.457 e. The molecule has 13 heteroatoms. The van der Waals surface area contributed by atoms with Crippen LogP contribution in [0.15, 0.2) is 78.9 Å². The highest BCUT2D eigenvalue weighted by molar-refractivity contribution is 5.99. The van der Waals surface area contributed by atoms with Gasteiger partial charge in [-0.1, -0.05) is 24.3 Å². The Balaban J connectivity index is 1.11. The number of likely N-dealkylation sites (tertiary alicyclic amines) is 1. The molecule has 5 aromatic rings. The van der Waals surface area contributed by atoms with E-state index in [-0.39, 0.29) is 34.4 Å². The van der Waals surface area contributed by atoms with E-state index in [2.05, 4.69) is 44.3 Å². The molecule has 0 radical (unpaired) electrons. The first-order valence-electron chi connectivity index (χ1n) is 16.4. The third kappa shape index (κ3) is 6.35. The molecule has 12 nitrogen and oxygen atoms in total. The van der Waals surface area contributed by atoms with Gasteiger partial charge in [0.15, 0.2) is 5.65 Å². The molecule has 2 N–H and O–H groups in total. The van der Waals surface area contributed by atoms with Crippen LogP contribution in [0.1, 0.15) is 45.0 Å². The van der Waals surface area contributed by atoms with Gasteiger partial charge in [0, 0.05) is 55.7 Å². The second kappa shape index (κ2) is 13.1. The monoisotopic (exact) mass is 660 g/mol. The summed E-state index contributed by atoms with van der Waals surface area (Å²) < 4.78 is 25.3. The van der Waals surface area contributed by atoms with Crippen LogP contribution in [-0.2, 0) is 17.9 Å². The predicted octanol–water partition coefficient (Wildman–Crippen LogP) is 5.50. The number of halogens is 1. The van der Waals surface area contributed by atoms with Crippen molar-refractivity contribution in [2.45, 2.75) is 57.8 Å². The van der Waals surface area contributed by atoms with Crippen molar-refractivity contribution in [3.8, 4) is 28.8 Å². The van der Waals surface area contributed by atoms with E-state index in [4.69, 9.17) is 15.6 Å². The number of benzene rings is 2. The van der Waals surface area contributed by atoms with Gasteiger partial charge in [-0.3, -0.25) is 9.69 Å². The van der Waals surface area contributed by atoms with Gasteiger partial charge < -0.3 is 19.9 Å². The van der Waals surface area contributed by atoms with Crippen LogP contribution < -0.4 is 10.5 Å². The molecule has 250 valence electrons. The fourth-order valence-corrected chi connectivity index (χ4v) is 6.68. The summed E-state index contributed by atoms with van der Waals surface area (Å²) in [7, 11) is 0. The Labute approximate surface area is 283 Å². The summed E-state index contributed by atoms with van der Waals surface area (Å²) in [5.74, 6) is 1.27. The topological polar surface area (TPSA) is 144 Å². The lowest BCUT2D eigenvalue weighted by Gasteiger charge is -2.40. The molecule has 2 aromatic carbocycles. The minimum atomic E-state index is -0.537. The zero-order chi connectivity index (χ0) is 34.1. The highest BCUT2D eigenvalue weighted by atomic mass is 19.1. The number of fused-ring (bicyclic) bond motifs is 2. The highest BCUT2D eigenvalue weighted by Crippen LogP contribution is 2.36. The van der Waals surface area contributed by atoms with Crippen molar-refractivity contribution < 1.29 is 13.9 Å². The van der Waals surface area contributed by atoms with E-state index in [9.17, 15) is 10.1 Å². The van der Waals surface area contributed by atoms with Gasteiger partial charge in [0.1, 0.15) is 52.6 Å². The van der Waals surface area contributed by atoms with E-state index < -0.39 is 5.82 Å². The molecule has 0 bridgehead atoms. The number of anilines is 1.